The van der Waals surface area contributed by atoms with Crippen molar-refractivity contribution in [2.45, 2.75) is 66.5 Å². The van der Waals surface area contributed by atoms with Crippen LogP contribution >= 0.6 is 0 Å². The molecule has 15 heteroatoms. The van der Waals surface area contributed by atoms with Gasteiger partial charge in [-0.05, 0) is 99.5 Å². The number of halogens is 2. The van der Waals surface area contributed by atoms with Crippen LogP contribution in [0.1, 0.15) is 71.8 Å². The van der Waals surface area contributed by atoms with Crippen molar-refractivity contribution >= 4 is 23.8 Å². The molecule has 0 aliphatic rings. The Morgan fingerprint density at radius 3 is 2.28 bits per heavy atom. The fraction of sp³-hybridized carbons (Fsp3) is 0.340. The molecule has 65 heavy (non-hydrogen) atoms. The third-order valence-corrected chi connectivity index (χ3v) is 10.9. The number of aryl methyl sites for hydroxylation is 1. The average Bonchev–Trinajstić information content (AvgIpc) is 3.66. The van der Waals surface area contributed by atoms with E-state index in [9.17, 15) is 9.59 Å². The number of hydrogen-bond donors (Lipinski definition) is 2. The molecule has 1 atom stereocenters. The van der Waals surface area contributed by atoms with Gasteiger partial charge < -0.3 is 39.2 Å². The molecule has 0 fully saturated rings. The molecular weight excluding hydrogens is 833 g/mol. The second-order valence-corrected chi connectivity index (χ2v) is 15.8. The Bertz CT molecular complexity index is 2560. The van der Waals surface area contributed by atoms with Crippen molar-refractivity contribution in [3.63, 3.8) is 0 Å². The molecule has 0 radical (unpaired) electrons. The summed E-state index contributed by atoms with van der Waals surface area (Å²) < 4.78 is 53.9. The molecule has 2 heterocycles. The number of rotatable bonds is 20. The Morgan fingerprint density at radius 1 is 0.892 bits per heavy atom. The van der Waals surface area contributed by atoms with E-state index in [2.05, 4.69) is 20.8 Å². The monoisotopic (exact) mass is 889 g/mol. The van der Waals surface area contributed by atoms with Crippen LogP contribution in [0.5, 0.6) is 11.5 Å². The van der Waals surface area contributed by atoms with Crippen LogP contribution in [0.15, 0.2) is 89.6 Å². The Morgan fingerprint density at radius 2 is 1.60 bits per heavy atom. The van der Waals surface area contributed by atoms with Gasteiger partial charge in [-0.1, -0.05) is 59.8 Å². The highest BCUT2D eigenvalue weighted by Gasteiger charge is 2.26. The molecule has 13 nitrogen and oxygen atoms in total. The van der Waals surface area contributed by atoms with Crippen molar-refractivity contribution < 1.29 is 37.1 Å². The minimum Gasteiger partial charge on any atom is -0.496 e. The minimum absolute atomic E-state index is 0.0607. The van der Waals surface area contributed by atoms with Gasteiger partial charge in [0.15, 0.2) is 0 Å². The molecule has 6 rings (SSSR count). The third kappa shape index (κ3) is 11.8. The molecule has 2 aromatic heterocycles. The molecule has 0 bridgehead atoms. The van der Waals surface area contributed by atoms with Crippen molar-refractivity contribution in [1.82, 2.24) is 25.3 Å². The van der Waals surface area contributed by atoms with E-state index in [-0.39, 0.29) is 12.0 Å². The lowest BCUT2D eigenvalue weighted by atomic mass is 9.98. The van der Waals surface area contributed by atoms with Gasteiger partial charge in [0.1, 0.15) is 40.3 Å². The zero-order valence-electron chi connectivity index (χ0n) is 38.3. The largest absolute Gasteiger partial charge is 0.496 e. The Labute approximate surface area is 379 Å². The maximum Gasteiger partial charge on any atom is 0.414 e. The van der Waals surface area contributed by atoms with Gasteiger partial charge in [0.2, 0.25) is 5.95 Å². The lowest BCUT2D eigenvalue weighted by Gasteiger charge is -2.20. The number of ether oxygens (including phenoxy) is 3. The maximum atomic E-state index is 16.3. The van der Waals surface area contributed by atoms with Crippen LogP contribution in [0.3, 0.4) is 0 Å². The first kappa shape index (κ1) is 47.6. The van der Waals surface area contributed by atoms with Gasteiger partial charge in [0.25, 0.3) is 5.91 Å². The molecule has 342 valence electrons. The van der Waals surface area contributed by atoms with Gasteiger partial charge in [-0.25, -0.2) is 18.6 Å². The van der Waals surface area contributed by atoms with E-state index in [4.69, 9.17) is 23.7 Å². The first-order chi connectivity index (χ1) is 31.3. The van der Waals surface area contributed by atoms with E-state index >= 15 is 8.78 Å². The van der Waals surface area contributed by atoms with Gasteiger partial charge >= 0.3 is 6.09 Å². The molecule has 6 aromatic rings. The van der Waals surface area contributed by atoms with Crippen LogP contribution in [-0.2, 0) is 30.6 Å². The normalized spacial score (nSPS) is 11.5. The number of carbonyl (C=O) groups excluding carboxylic acids is 2. The topological polar surface area (TPSA) is 144 Å². The fourth-order valence-electron chi connectivity index (χ4n) is 7.40. The number of methoxy groups -OCH3 is 1. The van der Waals surface area contributed by atoms with Crippen LogP contribution in [0.2, 0.25) is 0 Å². The van der Waals surface area contributed by atoms with Crippen molar-refractivity contribution in [2.75, 3.05) is 57.7 Å². The van der Waals surface area contributed by atoms with Gasteiger partial charge in [-0.2, -0.15) is 4.98 Å². The summed E-state index contributed by atoms with van der Waals surface area (Å²) in [6.07, 6.45) is 2.15. The van der Waals surface area contributed by atoms with E-state index < -0.39 is 35.2 Å². The highest BCUT2D eigenvalue weighted by Crippen LogP contribution is 2.35. The van der Waals surface area contributed by atoms with E-state index in [0.717, 1.165) is 39.6 Å². The summed E-state index contributed by atoms with van der Waals surface area (Å²) >= 11 is 0. The summed E-state index contributed by atoms with van der Waals surface area (Å²) in [5.74, 6) is -0.172. The summed E-state index contributed by atoms with van der Waals surface area (Å²) in [6, 6.07) is 23.1. The highest BCUT2D eigenvalue weighted by molar-refractivity contribution is 5.95. The standard InChI is InChI=1S/C50H57F2N7O6/c1-9-59(10-2)49-54-29-40(47(56-49)53-25-24-33-14-20-38(21-15-33)64-50(61)58(6)7)44-32(5)65-57-42(44)28-37-19-23-41(51)45(46(37)52)48(60)55-31(4)26-34-12-17-36(18-13-34)39-22-16-35(30-63-11-3)27-43(39)62-8/h12-23,27,29,31H,9-11,24-26,28,30H2,1-8H3,(H,55,60)(H,53,54,56)/t31-/m1/s1. The van der Waals surface area contributed by atoms with Crippen LogP contribution in [0, 0.1) is 18.6 Å². The number of nitrogens with one attached hydrogen (secondary N) is 2. The fourth-order valence-corrected chi connectivity index (χ4v) is 7.40. The number of anilines is 2. The van der Waals surface area contributed by atoms with Gasteiger partial charge in [-0.15, -0.1) is 0 Å². The summed E-state index contributed by atoms with van der Waals surface area (Å²) in [5, 5.41) is 10.5. The van der Waals surface area contributed by atoms with Crippen molar-refractivity contribution in [3.8, 4) is 33.8 Å². The zero-order valence-corrected chi connectivity index (χ0v) is 38.3. The summed E-state index contributed by atoms with van der Waals surface area (Å²) in [7, 11) is 4.87. The van der Waals surface area contributed by atoms with Crippen molar-refractivity contribution in [2.24, 2.45) is 0 Å². The predicted molar refractivity (Wildman–Crippen MR) is 248 cm³/mol. The summed E-state index contributed by atoms with van der Waals surface area (Å²) in [4.78, 5) is 38.5. The van der Waals surface area contributed by atoms with Gasteiger partial charge in [0, 0.05) is 70.1 Å². The van der Waals surface area contributed by atoms with E-state index in [1.807, 2.05) is 80.3 Å². The molecule has 0 aliphatic heterocycles. The second kappa shape index (κ2) is 22.2. The lowest BCUT2D eigenvalue weighted by molar-refractivity contribution is 0.0931. The second-order valence-electron chi connectivity index (χ2n) is 15.8. The van der Waals surface area contributed by atoms with Crippen LogP contribution in [-0.4, -0.2) is 85.5 Å². The lowest BCUT2D eigenvalue weighted by Crippen LogP contribution is -2.35. The predicted octanol–water partition coefficient (Wildman–Crippen LogP) is 9.44. The molecule has 0 spiro atoms. The molecule has 0 unspecified atom stereocenters. The SMILES string of the molecule is CCOCc1ccc(-c2ccc(C[C@@H](C)NC(=O)c3c(F)ccc(Cc4noc(C)c4-c4cnc(N(CC)CC)nc4NCCc4ccc(OC(=O)N(C)C)cc4)c3F)cc2)c(OC)c1. The Hall–Kier alpha value is -6.87. The average molecular weight is 890 g/mol. The third-order valence-electron chi connectivity index (χ3n) is 10.9. The van der Waals surface area contributed by atoms with E-state index in [1.54, 1.807) is 53.4 Å². The number of nitrogens with zero attached hydrogens (tertiary/aromatic N) is 5. The molecule has 0 saturated carbocycles. The number of carbonyl (C=O) groups is 2. The van der Waals surface area contributed by atoms with E-state index in [1.165, 1.54) is 11.0 Å². The molecule has 2 N–H and O–H groups in total. The van der Waals surface area contributed by atoms with Crippen LogP contribution in [0.4, 0.5) is 25.3 Å². The van der Waals surface area contributed by atoms with Gasteiger partial charge in [-0.3, -0.25) is 4.79 Å². The quantitative estimate of drug-likeness (QED) is 0.0757. The molecular formula is C50H57F2N7O6. The molecule has 2 amide bonds. The first-order valence-electron chi connectivity index (χ1n) is 21.7. The number of hydrogen-bond acceptors (Lipinski definition) is 11. The highest BCUT2D eigenvalue weighted by atomic mass is 19.1. The zero-order chi connectivity index (χ0) is 46.6. The number of benzene rings is 4. The smallest absolute Gasteiger partial charge is 0.414 e. The molecule has 0 saturated heterocycles. The van der Waals surface area contributed by atoms with E-state index in [0.29, 0.717) is 85.8 Å². The number of aromatic nitrogens is 3. The Balaban J connectivity index is 1.17. The van der Waals surface area contributed by atoms with Gasteiger partial charge in [0.05, 0.1) is 25.0 Å². The maximum absolute atomic E-state index is 16.3. The number of amides is 2. The van der Waals surface area contributed by atoms with Crippen molar-refractivity contribution in [1.29, 1.82) is 0 Å². The molecule has 0 aliphatic carbocycles. The summed E-state index contributed by atoms with van der Waals surface area (Å²) in [5.41, 5.74) is 5.71. The van der Waals surface area contributed by atoms with Crippen LogP contribution in [0.25, 0.3) is 22.3 Å². The Kier molecular flexibility index (Phi) is 16.2. The van der Waals surface area contributed by atoms with Crippen molar-refractivity contribution in [3.05, 3.63) is 136 Å². The first-order valence-corrected chi connectivity index (χ1v) is 21.7. The van der Waals surface area contributed by atoms with Crippen LogP contribution < -0.4 is 25.0 Å². The molecule has 4 aromatic carbocycles. The minimum atomic E-state index is -0.985. The summed E-state index contributed by atoms with van der Waals surface area (Å²) in [6.45, 7) is 12.5.